The molecule has 0 saturated heterocycles. The van der Waals surface area contributed by atoms with Crippen LogP contribution in [0, 0.1) is 6.92 Å². The average Bonchev–Trinajstić information content (AvgIpc) is 3.65. The Balaban J connectivity index is 1.12. The van der Waals surface area contributed by atoms with E-state index in [-0.39, 0.29) is 5.92 Å². The highest BCUT2D eigenvalue weighted by Crippen LogP contribution is 2.41. The van der Waals surface area contributed by atoms with Crippen LogP contribution >= 0.6 is 22.6 Å². The normalized spacial score (nSPS) is 17.7. The zero-order valence-corrected chi connectivity index (χ0v) is 29.4. The molecule has 2 heterocycles. The smallest absolute Gasteiger partial charge is 0.178 e. The number of fused-ring (bicyclic) bond motifs is 5. The summed E-state index contributed by atoms with van der Waals surface area (Å²) < 4.78 is 14.4. The molecule has 0 radical (unpaired) electrons. The molecule has 2 atom stereocenters. The van der Waals surface area contributed by atoms with Gasteiger partial charge in [-0.05, 0) is 129 Å². The van der Waals surface area contributed by atoms with E-state index in [2.05, 4.69) is 159 Å². The Morgan fingerprint density at radius 3 is 2.49 bits per heavy atom. The maximum atomic E-state index is 6.53. The van der Waals surface area contributed by atoms with E-state index in [1.165, 1.54) is 42.6 Å². The molecule has 0 aliphatic heterocycles. The largest absolute Gasteiger partial charge is 0.452 e. The molecule has 0 bridgehead atoms. The second kappa shape index (κ2) is 13.4. The van der Waals surface area contributed by atoms with Gasteiger partial charge in [0.2, 0.25) is 0 Å². The van der Waals surface area contributed by atoms with E-state index in [1.807, 2.05) is 12.2 Å². The minimum atomic E-state index is 0.233. The van der Waals surface area contributed by atoms with E-state index in [4.69, 9.17) is 8.83 Å². The lowest BCUT2D eigenvalue weighted by Gasteiger charge is -2.19. The number of allylic oxidation sites excluding steroid dienone is 11. The fraction of sp³-hybridized carbons (Fsp3) is 0.182. The summed E-state index contributed by atoms with van der Waals surface area (Å²) in [5.41, 5.74) is 11.9. The molecule has 5 aromatic rings. The first-order valence-electron chi connectivity index (χ1n) is 16.5. The molecule has 47 heavy (non-hydrogen) atoms. The minimum Gasteiger partial charge on any atom is -0.452 e. The van der Waals surface area contributed by atoms with Crippen molar-refractivity contribution < 1.29 is 8.83 Å². The first-order chi connectivity index (χ1) is 22.9. The third-order valence-corrected chi connectivity index (χ3v) is 10.8. The number of halogens is 1. The molecule has 7 rings (SSSR count). The van der Waals surface area contributed by atoms with Crippen molar-refractivity contribution in [3.63, 3.8) is 0 Å². The molecule has 0 spiro atoms. The van der Waals surface area contributed by atoms with Crippen LogP contribution in [0.3, 0.4) is 0 Å². The number of benzene rings is 3. The van der Waals surface area contributed by atoms with Crippen LogP contribution in [-0.2, 0) is 6.42 Å². The standard InChI is InChI=1S/C44H39IO2/c1-5-7-11-30(6-2)34-19-23-40(45)38(26-34)33-17-15-31(16-18-33)28(3)14-24-41-29(4)36-21-22-37-39-27-35(32-12-9-8-10-13-32)20-25-42(39)47-44(37)43(36)46-41/h5-18,20-22,24-26,28,35H,1,19,23,27H2,2-4H3/b11-7-,24-14-,30-6+. The van der Waals surface area contributed by atoms with Crippen molar-refractivity contribution in [3.05, 3.63) is 170 Å². The van der Waals surface area contributed by atoms with E-state index in [0.29, 0.717) is 5.92 Å². The van der Waals surface area contributed by atoms with Crippen LogP contribution in [0.1, 0.15) is 77.9 Å². The summed E-state index contributed by atoms with van der Waals surface area (Å²) in [6.45, 7) is 10.3. The molecule has 2 aliphatic carbocycles. The Hall–Kier alpha value is -4.35. The molecule has 2 aromatic heterocycles. The Morgan fingerprint density at radius 2 is 1.72 bits per heavy atom. The molecular formula is C44H39IO2. The molecule has 3 aromatic carbocycles. The minimum absolute atomic E-state index is 0.233. The summed E-state index contributed by atoms with van der Waals surface area (Å²) in [6, 6.07) is 24.2. The number of rotatable bonds is 8. The topological polar surface area (TPSA) is 26.3 Å². The van der Waals surface area contributed by atoms with Crippen LogP contribution in [0.5, 0.6) is 0 Å². The van der Waals surface area contributed by atoms with Gasteiger partial charge in [-0.15, -0.1) is 0 Å². The molecule has 0 saturated carbocycles. The zero-order valence-electron chi connectivity index (χ0n) is 27.2. The molecule has 2 aliphatic rings. The van der Waals surface area contributed by atoms with Gasteiger partial charge in [-0.2, -0.15) is 0 Å². The van der Waals surface area contributed by atoms with Crippen LogP contribution < -0.4 is 0 Å². The van der Waals surface area contributed by atoms with Gasteiger partial charge in [0.15, 0.2) is 11.2 Å². The maximum Gasteiger partial charge on any atom is 0.178 e. The summed E-state index contributed by atoms with van der Waals surface area (Å²) in [6.07, 6.45) is 22.4. The molecule has 0 fully saturated rings. The van der Waals surface area contributed by atoms with Gasteiger partial charge in [0.1, 0.15) is 11.5 Å². The lowest BCUT2D eigenvalue weighted by Crippen LogP contribution is -2.04. The van der Waals surface area contributed by atoms with Gasteiger partial charge in [0, 0.05) is 27.8 Å². The number of furan rings is 2. The lowest BCUT2D eigenvalue weighted by molar-refractivity contribution is 0.565. The van der Waals surface area contributed by atoms with E-state index in [9.17, 15) is 0 Å². The van der Waals surface area contributed by atoms with Crippen molar-refractivity contribution >= 4 is 62.3 Å². The second-order valence-electron chi connectivity index (χ2n) is 12.5. The van der Waals surface area contributed by atoms with Crippen LogP contribution in [0.15, 0.2) is 139 Å². The van der Waals surface area contributed by atoms with E-state index < -0.39 is 0 Å². The fourth-order valence-corrected chi connectivity index (χ4v) is 7.62. The Labute approximate surface area is 291 Å². The second-order valence-corrected chi connectivity index (χ2v) is 13.8. The highest BCUT2D eigenvalue weighted by Gasteiger charge is 2.24. The maximum absolute atomic E-state index is 6.53. The number of hydrogen-bond acceptors (Lipinski definition) is 2. The molecule has 3 heteroatoms. The third kappa shape index (κ3) is 6.09. The predicted molar refractivity (Wildman–Crippen MR) is 208 cm³/mol. The van der Waals surface area contributed by atoms with Crippen molar-refractivity contribution in [2.75, 3.05) is 0 Å². The Morgan fingerprint density at radius 1 is 0.957 bits per heavy atom. The van der Waals surface area contributed by atoms with Gasteiger partial charge in [-0.3, -0.25) is 0 Å². The first-order valence-corrected chi connectivity index (χ1v) is 17.6. The Bertz CT molecular complexity index is 2160. The van der Waals surface area contributed by atoms with Crippen molar-refractivity contribution in [1.82, 2.24) is 0 Å². The fourth-order valence-electron chi connectivity index (χ4n) is 6.89. The number of aryl methyl sites for hydroxylation is 1. The zero-order chi connectivity index (χ0) is 32.5. The molecule has 234 valence electrons. The van der Waals surface area contributed by atoms with Crippen molar-refractivity contribution in [2.45, 2.75) is 51.9 Å². The summed E-state index contributed by atoms with van der Waals surface area (Å²) in [5.74, 6) is 2.41. The highest BCUT2D eigenvalue weighted by atomic mass is 127. The predicted octanol–water partition coefficient (Wildman–Crippen LogP) is 13.2. The van der Waals surface area contributed by atoms with Crippen LogP contribution in [0.2, 0.25) is 0 Å². The van der Waals surface area contributed by atoms with Gasteiger partial charge >= 0.3 is 0 Å². The van der Waals surface area contributed by atoms with Gasteiger partial charge in [-0.1, -0.05) is 105 Å². The van der Waals surface area contributed by atoms with Gasteiger partial charge in [0.05, 0.1) is 0 Å². The monoisotopic (exact) mass is 726 g/mol. The van der Waals surface area contributed by atoms with E-state index in [0.717, 1.165) is 58.3 Å². The molecule has 0 amide bonds. The van der Waals surface area contributed by atoms with E-state index in [1.54, 1.807) is 0 Å². The molecule has 2 nitrogen and oxygen atoms in total. The molecular weight excluding hydrogens is 687 g/mol. The van der Waals surface area contributed by atoms with Gasteiger partial charge in [-0.25, -0.2) is 0 Å². The first kappa shape index (κ1) is 31.3. The summed E-state index contributed by atoms with van der Waals surface area (Å²) >= 11 is 2.52. The van der Waals surface area contributed by atoms with Crippen molar-refractivity contribution in [1.29, 1.82) is 0 Å². The van der Waals surface area contributed by atoms with Gasteiger partial charge < -0.3 is 8.83 Å². The average molecular weight is 727 g/mol. The lowest BCUT2D eigenvalue weighted by atomic mass is 9.87. The third-order valence-electron chi connectivity index (χ3n) is 9.67. The Kier molecular flexibility index (Phi) is 8.92. The van der Waals surface area contributed by atoms with Crippen molar-refractivity contribution in [2.24, 2.45) is 0 Å². The summed E-state index contributed by atoms with van der Waals surface area (Å²) in [4.78, 5) is 0. The quantitative estimate of drug-likeness (QED) is 0.118. The van der Waals surface area contributed by atoms with Gasteiger partial charge in [0.25, 0.3) is 0 Å². The SMILES string of the molecule is C=C/C=C\C(=C/C)C1=CC(c2ccc(C(C)/C=C\c3oc4c(ccc5c6c(oc54)C=CC(c4ccccc4)C6)c3C)cc2)=C(I)CC1. The number of hydrogen-bond donors (Lipinski definition) is 0. The summed E-state index contributed by atoms with van der Waals surface area (Å²) in [5, 5.41) is 2.25. The highest BCUT2D eigenvalue weighted by molar-refractivity contribution is 14.1. The molecule has 0 N–H and O–H groups in total. The molecule has 2 unspecified atom stereocenters. The van der Waals surface area contributed by atoms with Crippen molar-refractivity contribution in [3.8, 4) is 0 Å². The van der Waals surface area contributed by atoms with Crippen LogP contribution in [0.4, 0.5) is 0 Å². The van der Waals surface area contributed by atoms with E-state index >= 15 is 0 Å². The van der Waals surface area contributed by atoms with Crippen LogP contribution in [-0.4, -0.2) is 0 Å². The van der Waals surface area contributed by atoms with Crippen LogP contribution in [0.25, 0.3) is 39.7 Å². The summed E-state index contributed by atoms with van der Waals surface area (Å²) in [7, 11) is 0.